The summed E-state index contributed by atoms with van der Waals surface area (Å²) in [7, 11) is 0. The molecule has 0 radical (unpaired) electrons. The number of guanidine groups is 1. The Kier molecular flexibility index (Phi) is 7.04. The van der Waals surface area contributed by atoms with Crippen LogP contribution in [0, 0.1) is 0 Å². The molecule has 2 aromatic carbocycles. The van der Waals surface area contributed by atoms with Crippen LogP contribution in [0.3, 0.4) is 0 Å². The van der Waals surface area contributed by atoms with Gasteiger partial charge in [-0.1, -0.05) is 42.5 Å². The molecule has 2 aliphatic rings. The lowest BCUT2D eigenvalue weighted by Gasteiger charge is -2.26. The number of anilines is 1. The lowest BCUT2D eigenvalue weighted by molar-refractivity contribution is -0.128. The highest BCUT2D eigenvalue weighted by atomic mass is 16.2. The van der Waals surface area contributed by atoms with Gasteiger partial charge in [-0.25, -0.2) is 4.99 Å². The molecule has 0 bridgehead atoms. The van der Waals surface area contributed by atoms with E-state index in [1.54, 1.807) is 0 Å². The predicted octanol–water partition coefficient (Wildman–Crippen LogP) is 2.99. The van der Waals surface area contributed by atoms with E-state index in [-0.39, 0.29) is 17.7 Å². The van der Waals surface area contributed by atoms with Crippen molar-refractivity contribution in [3.05, 3.63) is 65.2 Å². The van der Waals surface area contributed by atoms with E-state index in [0.29, 0.717) is 32.5 Å². The molecular weight excluding hydrogens is 402 g/mol. The Morgan fingerprint density at radius 1 is 1.09 bits per heavy atom. The molecule has 2 aliphatic heterocycles. The number of hydrogen-bond donors (Lipinski definition) is 3. The third-order valence-corrected chi connectivity index (χ3v) is 5.95. The molecule has 1 unspecified atom stereocenters. The van der Waals surface area contributed by atoms with Crippen LogP contribution < -0.4 is 16.0 Å². The number of carbonyl (C=O) groups is 2. The summed E-state index contributed by atoms with van der Waals surface area (Å²) in [6.07, 6.45) is 2.09. The number of rotatable bonds is 7. The van der Waals surface area contributed by atoms with Crippen molar-refractivity contribution in [1.29, 1.82) is 0 Å². The highest BCUT2D eigenvalue weighted by Crippen LogP contribution is 2.31. The summed E-state index contributed by atoms with van der Waals surface area (Å²) < 4.78 is 0. The second-order valence-electron chi connectivity index (χ2n) is 8.35. The minimum atomic E-state index is 0.0492. The van der Waals surface area contributed by atoms with Gasteiger partial charge in [0.1, 0.15) is 0 Å². The van der Waals surface area contributed by atoms with E-state index in [1.807, 2.05) is 30.0 Å². The first-order chi connectivity index (χ1) is 15.6. The summed E-state index contributed by atoms with van der Waals surface area (Å²) in [5.41, 5.74) is 4.31. The van der Waals surface area contributed by atoms with Gasteiger partial charge in [-0.15, -0.1) is 0 Å². The number of carbonyl (C=O) groups excluding carboxylic acids is 2. The Morgan fingerprint density at radius 2 is 1.88 bits per heavy atom. The lowest BCUT2D eigenvalue weighted by Crippen LogP contribution is -2.40. The molecule has 0 saturated carbocycles. The first-order valence-corrected chi connectivity index (χ1v) is 11.4. The summed E-state index contributed by atoms with van der Waals surface area (Å²) in [4.78, 5) is 30.5. The van der Waals surface area contributed by atoms with E-state index >= 15 is 0 Å². The highest BCUT2D eigenvalue weighted by molar-refractivity contribution is 5.94. The maximum absolute atomic E-state index is 12.1. The number of likely N-dealkylation sites (tertiary alicyclic amines) is 1. The summed E-state index contributed by atoms with van der Waals surface area (Å²) in [5, 5.41) is 9.63. The molecule has 2 heterocycles. The van der Waals surface area contributed by atoms with Crippen LogP contribution in [0.5, 0.6) is 0 Å². The Morgan fingerprint density at radius 3 is 2.62 bits per heavy atom. The number of nitrogens with one attached hydrogen (secondary N) is 3. The second-order valence-corrected chi connectivity index (χ2v) is 8.35. The van der Waals surface area contributed by atoms with Crippen LogP contribution in [0.25, 0.3) is 0 Å². The van der Waals surface area contributed by atoms with Gasteiger partial charge in [-0.05, 0) is 36.1 Å². The Balaban J connectivity index is 1.35. The van der Waals surface area contributed by atoms with E-state index < -0.39 is 0 Å². The monoisotopic (exact) mass is 433 g/mol. The largest absolute Gasteiger partial charge is 0.357 e. The van der Waals surface area contributed by atoms with Crippen LogP contribution in [0.1, 0.15) is 48.8 Å². The van der Waals surface area contributed by atoms with Gasteiger partial charge in [0, 0.05) is 50.6 Å². The Hall–Kier alpha value is -3.35. The molecule has 2 amide bonds. The fraction of sp³-hybridized carbons (Fsp3) is 0.400. The summed E-state index contributed by atoms with van der Waals surface area (Å²) >= 11 is 0. The molecule has 1 saturated heterocycles. The van der Waals surface area contributed by atoms with Gasteiger partial charge in [0.05, 0.1) is 6.54 Å². The molecule has 0 aromatic heterocycles. The summed E-state index contributed by atoms with van der Waals surface area (Å²) in [5.74, 6) is 1.14. The average molecular weight is 434 g/mol. The Bertz CT molecular complexity index is 986. The van der Waals surface area contributed by atoms with Crippen LogP contribution in [-0.4, -0.2) is 42.3 Å². The molecule has 7 heteroatoms. The number of para-hydroxylation sites is 1. The maximum Gasteiger partial charge on any atom is 0.225 e. The standard InChI is InChI=1S/C25H31N5O2/c1-2-26-25(28-16-20-14-23(31)29-22-7-4-3-6-21(20)22)27-15-18-9-11-19(12-10-18)17-30-13-5-8-24(30)32/h3-4,6-7,9-12,20H,2,5,8,13-17H2,1H3,(H,29,31)(H2,26,27,28). The van der Waals surface area contributed by atoms with Crippen molar-refractivity contribution in [3.8, 4) is 0 Å². The molecule has 7 nitrogen and oxygen atoms in total. The third-order valence-electron chi connectivity index (χ3n) is 5.95. The third kappa shape index (κ3) is 5.46. The van der Waals surface area contributed by atoms with Gasteiger partial charge in [0.25, 0.3) is 0 Å². The molecule has 32 heavy (non-hydrogen) atoms. The predicted molar refractivity (Wildman–Crippen MR) is 126 cm³/mol. The van der Waals surface area contributed by atoms with Crippen molar-refractivity contribution >= 4 is 23.5 Å². The molecule has 1 fully saturated rings. The van der Waals surface area contributed by atoms with Crippen molar-refractivity contribution in [2.45, 2.75) is 45.2 Å². The molecule has 0 aliphatic carbocycles. The van der Waals surface area contributed by atoms with Crippen LogP contribution in [0.15, 0.2) is 53.5 Å². The van der Waals surface area contributed by atoms with Gasteiger partial charge in [0.2, 0.25) is 11.8 Å². The van der Waals surface area contributed by atoms with E-state index in [9.17, 15) is 9.59 Å². The van der Waals surface area contributed by atoms with E-state index in [0.717, 1.165) is 47.8 Å². The Labute approximate surface area is 189 Å². The van der Waals surface area contributed by atoms with Gasteiger partial charge in [-0.2, -0.15) is 0 Å². The van der Waals surface area contributed by atoms with Crippen LogP contribution >= 0.6 is 0 Å². The van der Waals surface area contributed by atoms with Gasteiger partial charge in [0.15, 0.2) is 5.96 Å². The first kappa shape index (κ1) is 21.9. The number of fused-ring (bicyclic) bond motifs is 1. The zero-order valence-electron chi connectivity index (χ0n) is 18.6. The number of hydrogen-bond acceptors (Lipinski definition) is 3. The fourth-order valence-electron chi connectivity index (χ4n) is 4.26. The molecule has 3 N–H and O–H groups in total. The SMILES string of the molecule is CCNC(=NCc1ccc(CN2CCCC2=O)cc1)NCC1CC(=O)Nc2ccccc21. The van der Waals surface area contributed by atoms with E-state index in [2.05, 4.69) is 46.3 Å². The van der Waals surface area contributed by atoms with Crippen LogP contribution in [-0.2, 0) is 22.7 Å². The number of benzene rings is 2. The van der Waals surface area contributed by atoms with Gasteiger partial charge >= 0.3 is 0 Å². The molecule has 2 aromatic rings. The quantitative estimate of drug-likeness (QED) is 0.463. The molecule has 1 atom stereocenters. The number of amides is 2. The zero-order valence-corrected chi connectivity index (χ0v) is 18.6. The fourth-order valence-corrected chi connectivity index (χ4v) is 4.26. The van der Waals surface area contributed by atoms with Crippen molar-refractivity contribution in [2.75, 3.05) is 25.0 Å². The number of nitrogens with zero attached hydrogens (tertiary/aromatic N) is 2. The van der Waals surface area contributed by atoms with Crippen LogP contribution in [0.2, 0.25) is 0 Å². The average Bonchev–Trinajstić information content (AvgIpc) is 3.20. The summed E-state index contributed by atoms with van der Waals surface area (Å²) in [6, 6.07) is 16.3. The van der Waals surface area contributed by atoms with E-state index in [1.165, 1.54) is 0 Å². The number of aliphatic imine (C=N–C) groups is 1. The van der Waals surface area contributed by atoms with Gasteiger partial charge < -0.3 is 20.9 Å². The van der Waals surface area contributed by atoms with Crippen LogP contribution in [0.4, 0.5) is 5.69 Å². The van der Waals surface area contributed by atoms with Crippen molar-refractivity contribution < 1.29 is 9.59 Å². The van der Waals surface area contributed by atoms with Crippen molar-refractivity contribution in [3.63, 3.8) is 0 Å². The topological polar surface area (TPSA) is 85.8 Å². The van der Waals surface area contributed by atoms with Crippen molar-refractivity contribution in [1.82, 2.24) is 15.5 Å². The lowest BCUT2D eigenvalue weighted by atomic mass is 9.90. The molecule has 0 spiro atoms. The summed E-state index contributed by atoms with van der Waals surface area (Å²) in [6.45, 7) is 5.53. The minimum absolute atomic E-state index is 0.0492. The second kappa shape index (κ2) is 10.3. The first-order valence-electron chi connectivity index (χ1n) is 11.4. The smallest absolute Gasteiger partial charge is 0.225 e. The maximum atomic E-state index is 12.1. The highest BCUT2D eigenvalue weighted by Gasteiger charge is 2.24. The van der Waals surface area contributed by atoms with E-state index in [4.69, 9.17) is 4.99 Å². The zero-order chi connectivity index (χ0) is 22.3. The van der Waals surface area contributed by atoms with Gasteiger partial charge in [-0.3, -0.25) is 9.59 Å². The molecule has 168 valence electrons. The minimum Gasteiger partial charge on any atom is -0.357 e. The molecule has 4 rings (SSSR count). The normalized spacial score (nSPS) is 18.3. The molecular formula is C25H31N5O2. The van der Waals surface area contributed by atoms with Crippen molar-refractivity contribution in [2.24, 2.45) is 4.99 Å².